The van der Waals surface area contributed by atoms with E-state index in [2.05, 4.69) is 4.90 Å². The van der Waals surface area contributed by atoms with Crippen molar-refractivity contribution in [3.8, 4) is 0 Å². The lowest BCUT2D eigenvalue weighted by Gasteiger charge is -2.33. The second-order valence-electron chi connectivity index (χ2n) is 13.3. The van der Waals surface area contributed by atoms with Crippen molar-refractivity contribution < 1.29 is 33.8 Å². The molecule has 0 radical (unpaired) electrons. The number of hydrogen-bond donors (Lipinski definition) is 1. The molecular formula is C29H56N4O7. The molecule has 0 spiro atoms. The van der Waals surface area contributed by atoms with E-state index in [1.165, 1.54) is 0 Å². The summed E-state index contributed by atoms with van der Waals surface area (Å²) in [6.07, 6.45) is 0.877. The molecule has 1 heterocycles. The number of carbonyl (C=O) groups excluding carboxylic acids is 4. The van der Waals surface area contributed by atoms with Crippen LogP contribution in [0.25, 0.3) is 0 Å². The lowest BCUT2D eigenvalue weighted by molar-refractivity contribution is -0.158. The molecule has 0 atom stereocenters. The lowest BCUT2D eigenvalue weighted by Crippen LogP contribution is -2.49. The molecule has 1 aliphatic rings. The Morgan fingerprint density at radius 3 is 1.15 bits per heavy atom. The summed E-state index contributed by atoms with van der Waals surface area (Å²) in [6.45, 7) is 23.4. The number of hydrogen-bond acceptors (Lipinski definition) is 11. The van der Waals surface area contributed by atoms with Crippen LogP contribution < -0.4 is 0 Å². The number of ketones is 1. The van der Waals surface area contributed by atoms with Gasteiger partial charge < -0.3 is 19.4 Å². The molecule has 0 aromatic carbocycles. The maximum Gasteiger partial charge on any atom is 0.320 e. The zero-order valence-corrected chi connectivity index (χ0v) is 26.7. The Morgan fingerprint density at radius 2 is 0.900 bits per heavy atom. The summed E-state index contributed by atoms with van der Waals surface area (Å²) in [7, 11) is 0. The van der Waals surface area contributed by atoms with E-state index in [1.54, 1.807) is 27.7 Å². The van der Waals surface area contributed by atoms with Crippen molar-refractivity contribution in [1.82, 2.24) is 19.6 Å². The Labute approximate surface area is 242 Å². The van der Waals surface area contributed by atoms with E-state index < -0.39 is 16.8 Å². The molecular weight excluding hydrogens is 516 g/mol. The van der Waals surface area contributed by atoms with E-state index in [0.29, 0.717) is 65.4 Å². The van der Waals surface area contributed by atoms with Crippen molar-refractivity contribution in [1.29, 1.82) is 0 Å². The molecule has 1 N–H and O–H groups in total. The Kier molecular flexibility index (Phi) is 16.9. The van der Waals surface area contributed by atoms with Crippen molar-refractivity contribution in [2.45, 2.75) is 86.0 Å². The summed E-state index contributed by atoms with van der Waals surface area (Å²) in [5, 5.41) is 8.52. The highest BCUT2D eigenvalue weighted by atomic mass is 16.6. The van der Waals surface area contributed by atoms with Gasteiger partial charge in [0, 0.05) is 52.4 Å². The van der Waals surface area contributed by atoms with Gasteiger partial charge in [-0.2, -0.15) is 0 Å². The van der Waals surface area contributed by atoms with Crippen LogP contribution in [0.4, 0.5) is 0 Å². The van der Waals surface area contributed by atoms with Crippen LogP contribution in [-0.4, -0.2) is 144 Å². The van der Waals surface area contributed by atoms with Crippen molar-refractivity contribution >= 4 is 24.0 Å². The molecule has 0 unspecified atom stereocenters. The number of ether oxygens (including phenoxy) is 2. The zero-order chi connectivity index (χ0) is 31.1. The monoisotopic (exact) mass is 572 g/mol. The van der Waals surface area contributed by atoms with Gasteiger partial charge in [-0.1, -0.05) is 0 Å². The Balaban J connectivity index is 0.00000277. The summed E-state index contributed by atoms with van der Waals surface area (Å²) in [5.74, 6) is -0.544. The summed E-state index contributed by atoms with van der Waals surface area (Å²) < 4.78 is 11.0. The highest BCUT2D eigenvalue weighted by Crippen LogP contribution is 2.10. The van der Waals surface area contributed by atoms with Gasteiger partial charge in [-0.25, -0.2) is 0 Å². The van der Waals surface area contributed by atoms with Crippen LogP contribution >= 0.6 is 0 Å². The van der Waals surface area contributed by atoms with Gasteiger partial charge in [0.2, 0.25) is 0 Å². The van der Waals surface area contributed by atoms with E-state index in [-0.39, 0.29) is 30.8 Å². The van der Waals surface area contributed by atoms with Crippen LogP contribution in [0, 0.1) is 0 Å². The van der Waals surface area contributed by atoms with Crippen LogP contribution in [0.1, 0.15) is 69.2 Å². The summed E-state index contributed by atoms with van der Waals surface area (Å²) >= 11 is 0. The largest absolute Gasteiger partial charge is 0.459 e. The minimum Gasteiger partial charge on any atom is -0.459 e. The molecule has 0 aliphatic carbocycles. The molecule has 1 aliphatic heterocycles. The average Bonchev–Trinajstić information content (AvgIpc) is 2.71. The third-order valence-corrected chi connectivity index (χ3v) is 5.25. The molecule has 11 heteroatoms. The summed E-state index contributed by atoms with van der Waals surface area (Å²) in [6, 6.07) is 0. The van der Waals surface area contributed by atoms with E-state index >= 15 is 0 Å². The number of aliphatic hydroxyl groups is 1. The molecule has 0 saturated carbocycles. The lowest BCUT2D eigenvalue weighted by atomic mass is 10.2. The predicted molar refractivity (Wildman–Crippen MR) is 156 cm³/mol. The minimum atomic E-state index is -0.574. The highest BCUT2D eigenvalue weighted by molar-refractivity contribution is 5.77. The number of rotatable bonds is 8. The second-order valence-corrected chi connectivity index (χ2v) is 13.3. The van der Waals surface area contributed by atoms with Gasteiger partial charge in [-0.05, 0) is 69.2 Å². The SMILES string of the molecule is CC(=O)CN1CCN(CC=O)CCN(CC(=O)OC(C)(C)C)CCN(CC(=O)OC(C)(C)C)CC1.CC(C)(C)O. The molecule has 1 saturated heterocycles. The number of esters is 2. The van der Waals surface area contributed by atoms with Crippen LogP contribution in [0.5, 0.6) is 0 Å². The van der Waals surface area contributed by atoms with Crippen molar-refractivity contribution in [3.05, 3.63) is 0 Å². The molecule has 0 amide bonds. The molecule has 0 aromatic rings. The van der Waals surface area contributed by atoms with Gasteiger partial charge in [-0.3, -0.25) is 34.0 Å². The van der Waals surface area contributed by atoms with Crippen LogP contribution in [0.15, 0.2) is 0 Å². The van der Waals surface area contributed by atoms with Gasteiger partial charge in [-0.15, -0.1) is 0 Å². The Bertz CT molecular complexity index is 779. The smallest absolute Gasteiger partial charge is 0.320 e. The topological polar surface area (TPSA) is 120 Å². The first-order valence-corrected chi connectivity index (χ1v) is 14.2. The fourth-order valence-corrected chi connectivity index (χ4v) is 3.77. The maximum atomic E-state index is 12.5. The summed E-state index contributed by atoms with van der Waals surface area (Å²) in [4.78, 5) is 56.2. The van der Waals surface area contributed by atoms with Gasteiger partial charge in [0.15, 0.2) is 0 Å². The first-order valence-electron chi connectivity index (χ1n) is 14.2. The zero-order valence-electron chi connectivity index (χ0n) is 26.7. The Hall–Kier alpha value is -1.92. The maximum absolute atomic E-state index is 12.5. The third kappa shape index (κ3) is 23.9. The fraction of sp³-hybridized carbons (Fsp3) is 0.862. The van der Waals surface area contributed by atoms with Crippen LogP contribution in [0.2, 0.25) is 0 Å². The van der Waals surface area contributed by atoms with E-state index in [0.717, 1.165) is 6.29 Å². The van der Waals surface area contributed by atoms with Crippen molar-refractivity contribution in [2.75, 3.05) is 78.5 Å². The quantitative estimate of drug-likeness (QED) is 0.336. The Morgan fingerprint density at radius 1 is 0.625 bits per heavy atom. The van der Waals surface area contributed by atoms with E-state index in [9.17, 15) is 19.2 Å². The van der Waals surface area contributed by atoms with Crippen LogP contribution in [-0.2, 0) is 28.7 Å². The van der Waals surface area contributed by atoms with E-state index in [1.807, 2.05) is 56.2 Å². The summed E-state index contributed by atoms with van der Waals surface area (Å²) in [5.41, 5.74) is -1.65. The molecule has 234 valence electrons. The minimum absolute atomic E-state index is 0.0706. The molecule has 0 aromatic heterocycles. The third-order valence-electron chi connectivity index (χ3n) is 5.25. The fourth-order valence-electron chi connectivity index (χ4n) is 3.77. The van der Waals surface area contributed by atoms with Gasteiger partial charge in [0.1, 0.15) is 23.3 Å². The molecule has 0 bridgehead atoms. The number of carbonyl (C=O) groups is 4. The number of aldehydes is 1. The standard InChI is InChI=1S/C25H46N4O6.C4H10O/c1-21(31)18-27-10-8-26(16-17-30)9-11-28(19-22(32)34-24(2,3)4)14-15-29(13-12-27)20-23(33)35-25(5,6)7;1-4(2,3)5/h17H,8-16,18-20H2,1-7H3;5H,1-3H3. The van der Waals surface area contributed by atoms with Crippen LogP contribution in [0.3, 0.4) is 0 Å². The number of Topliss-reactive ketones (excluding diaryl/α,β-unsaturated/α-hetero) is 1. The molecule has 1 fully saturated rings. The number of nitrogens with zero attached hydrogens (tertiary/aromatic N) is 4. The average molecular weight is 573 g/mol. The first kappa shape index (κ1) is 38.1. The van der Waals surface area contributed by atoms with Gasteiger partial charge >= 0.3 is 11.9 Å². The van der Waals surface area contributed by atoms with Crippen molar-refractivity contribution in [3.63, 3.8) is 0 Å². The second kappa shape index (κ2) is 17.8. The first-order chi connectivity index (χ1) is 18.2. The van der Waals surface area contributed by atoms with Gasteiger partial charge in [0.25, 0.3) is 0 Å². The molecule has 11 nitrogen and oxygen atoms in total. The van der Waals surface area contributed by atoms with Crippen molar-refractivity contribution in [2.24, 2.45) is 0 Å². The van der Waals surface area contributed by atoms with Gasteiger partial charge in [0.05, 0.1) is 31.8 Å². The normalized spacial score (nSPS) is 18.0. The predicted octanol–water partition coefficient (Wildman–Crippen LogP) is 1.46. The molecule has 40 heavy (non-hydrogen) atoms. The molecule has 1 rings (SSSR count). The highest BCUT2D eigenvalue weighted by Gasteiger charge is 2.24. The van der Waals surface area contributed by atoms with E-state index in [4.69, 9.17) is 14.6 Å².